The topological polar surface area (TPSA) is 136 Å². The average molecular weight is 784 g/mol. The van der Waals surface area contributed by atoms with Gasteiger partial charge in [-0.1, -0.05) is 45.0 Å². The van der Waals surface area contributed by atoms with Gasteiger partial charge in [0, 0.05) is 46.5 Å². The molecule has 5 aromatic rings. The van der Waals surface area contributed by atoms with E-state index >= 15 is 4.79 Å². The number of amides is 3. The molecule has 0 aromatic heterocycles. The predicted molar refractivity (Wildman–Crippen MR) is 223 cm³/mol. The van der Waals surface area contributed by atoms with Gasteiger partial charge in [0.1, 0.15) is 17.2 Å². The molecule has 4 atom stereocenters. The van der Waals surface area contributed by atoms with E-state index in [0.29, 0.717) is 51.7 Å². The molecule has 58 heavy (non-hydrogen) atoms. The maximum absolute atomic E-state index is 15.2. The molecule has 3 N–H and O–H groups in total. The van der Waals surface area contributed by atoms with Crippen LogP contribution < -0.4 is 29.7 Å². The maximum atomic E-state index is 15.2. The summed E-state index contributed by atoms with van der Waals surface area (Å²) in [7, 11) is 4.77. The number of aliphatic hydroxyl groups excluding tert-OH is 1. The molecule has 2 aliphatic heterocycles. The molecule has 2 heterocycles. The Hall–Kier alpha value is -6.17. The van der Waals surface area contributed by atoms with Crippen LogP contribution in [0.5, 0.6) is 17.2 Å². The normalized spacial score (nSPS) is 19.8. The van der Waals surface area contributed by atoms with Gasteiger partial charge in [0.05, 0.1) is 39.7 Å². The number of hydrogen-bond acceptors (Lipinski definition) is 8. The van der Waals surface area contributed by atoms with Crippen LogP contribution in [-0.2, 0) is 27.1 Å². The zero-order chi connectivity index (χ0) is 41.2. The number of rotatable bonds is 13. The number of nitrogens with zero attached hydrogens (tertiary/aromatic N) is 1. The second-order valence-electron chi connectivity index (χ2n) is 15.4. The quantitative estimate of drug-likeness (QED) is 0.110. The standard InChI is InChI=1S/C47H49N3O8/c1-29-42(46(2,3)33-13-22-38(57-6)23-14-33)41(25-26-51)58-47(29)39-27-35(49-44(53)32-11-20-37(56-5)21-12-32)17-24-40(39)50(45(47)54)28-30-7-15-34(16-8-30)48-43(52)31-9-18-36(55-4)19-10-31/h7-24,27,29,41-42,51H,25-26,28H2,1-6H3,(H,48,52)(H,49,53)/t29-,41+,42-,47+/m1/s1. The minimum Gasteiger partial charge on any atom is -0.497 e. The lowest BCUT2D eigenvalue weighted by molar-refractivity contribution is -0.146. The number of carbonyl (C=O) groups is 3. The molecular formula is C47H49N3O8. The molecule has 2 aliphatic rings. The van der Waals surface area contributed by atoms with Crippen LogP contribution in [0.15, 0.2) is 115 Å². The van der Waals surface area contributed by atoms with Gasteiger partial charge in [-0.05, 0) is 114 Å². The molecule has 0 radical (unpaired) electrons. The molecule has 1 saturated heterocycles. The number of hydrogen-bond donors (Lipinski definition) is 3. The Morgan fingerprint density at radius 2 is 1.24 bits per heavy atom. The van der Waals surface area contributed by atoms with Crippen molar-refractivity contribution in [2.75, 3.05) is 43.5 Å². The van der Waals surface area contributed by atoms with Crippen LogP contribution in [0.1, 0.15) is 64.6 Å². The maximum Gasteiger partial charge on any atom is 0.264 e. The van der Waals surface area contributed by atoms with Crippen LogP contribution in [0.2, 0.25) is 0 Å². The lowest BCUT2D eigenvalue weighted by atomic mass is 9.63. The summed E-state index contributed by atoms with van der Waals surface area (Å²) in [5.41, 5.74) is 3.36. The summed E-state index contributed by atoms with van der Waals surface area (Å²) in [6, 6.07) is 34.5. The van der Waals surface area contributed by atoms with E-state index in [1.807, 2.05) is 60.7 Å². The second kappa shape index (κ2) is 16.4. The van der Waals surface area contributed by atoms with E-state index < -0.39 is 17.1 Å². The number of methoxy groups -OCH3 is 3. The van der Waals surface area contributed by atoms with Gasteiger partial charge in [0.2, 0.25) is 0 Å². The van der Waals surface area contributed by atoms with Crippen LogP contribution in [0, 0.1) is 11.8 Å². The van der Waals surface area contributed by atoms with Crippen molar-refractivity contribution in [2.45, 2.75) is 50.9 Å². The van der Waals surface area contributed by atoms with E-state index in [1.165, 1.54) is 0 Å². The van der Waals surface area contributed by atoms with Crippen molar-refractivity contribution in [2.24, 2.45) is 11.8 Å². The molecule has 0 unspecified atom stereocenters. The highest BCUT2D eigenvalue weighted by Crippen LogP contribution is 2.60. The first-order valence-corrected chi connectivity index (χ1v) is 19.3. The van der Waals surface area contributed by atoms with Crippen LogP contribution in [0.3, 0.4) is 0 Å². The fraction of sp³-hybridized carbons (Fsp3) is 0.298. The molecular weight excluding hydrogens is 735 g/mol. The molecule has 0 bridgehead atoms. The summed E-state index contributed by atoms with van der Waals surface area (Å²) < 4.78 is 23.0. The van der Waals surface area contributed by atoms with Crippen molar-refractivity contribution < 1.29 is 38.4 Å². The summed E-state index contributed by atoms with van der Waals surface area (Å²) >= 11 is 0. The van der Waals surface area contributed by atoms with E-state index in [4.69, 9.17) is 18.9 Å². The number of fused-ring (bicyclic) bond motifs is 2. The number of ether oxygens (including phenoxy) is 4. The van der Waals surface area contributed by atoms with Crippen molar-refractivity contribution in [3.05, 3.63) is 143 Å². The van der Waals surface area contributed by atoms with Gasteiger partial charge in [-0.25, -0.2) is 0 Å². The smallest absolute Gasteiger partial charge is 0.264 e. The highest BCUT2D eigenvalue weighted by atomic mass is 16.5. The Bertz CT molecular complexity index is 2270. The Morgan fingerprint density at radius 3 is 1.76 bits per heavy atom. The number of anilines is 3. The van der Waals surface area contributed by atoms with E-state index in [0.717, 1.165) is 16.9 Å². The SMILES string of the molecule is COc1ccc(C(=O)Nc2ccc(CN3C(=O)[C@@]4(O[C@@H](CCO)[C@H](C(C)(C)c5ccc(OC)cc5)[C@H]4C)c4cc(NC(=O)c5ccc(OC)cc5)ccc43)cc2)cc1. The summed E-state index contributed by atoms with van der Waals surface area (Å²) in [5.74, 6) is 0.693. The molecule has 1 fully saturated rings. The van der Waals surface area contributed by atoms with Gasteiger partial charge < -0.3 is 39.6 Å². The number of carbonyl (C=O) groups excluding carboxylic acids is 3. The van der Waals surface area contributed by atoms with Crippen LogP contribution >= 0.6 is 0 Å². The number of nitrogens with one attached hydrogen (secondary N) is 2. The highest BCUT2D eigenvalue weighted by molar-refractivity contribution is 6.09. The van der Waals surface area contributed by atoms with E-state index in [-0.39, 0.29) is 42.7 Å². The van der Waals surface area contributed by atoms with Gasteiger partial charge >= 0.3 is 0 Å². The Kier molecular flexibility index (Phi) is 11.3. The molecule has 0 saturated carbocycles. The van der Waals surface area contributed by atoms with Crippen LogP contribution in [0.4, 0.5) is 17.1 Å². The van der Waals surface area contributed by atoms with Gasteiger partial charge in [0.15, 0.2) is 5.60 Å². The number of aliphatic hydroxyl groups is 1. The molecule has 7 rings (SSSR count). The van der Waals surface area contributed by atoms with Crippen molar-refractivity contribution >= 4 is 34.8 Å². The summed E-state index contributed by atoms with van der Waals surface area (Å²) in [6.45, 7) is 6.47. The third-order valence-corrected chi connectivity index (χ3v) is 11.8. The van der Waals surface area contributed by atoms with Gasteiger partial charge in [-0.2, -0.15) is 0 Å². The Morgan fingerprint density at radius 1 is 0.741 bits per heavy atom. The van der Waals surface area contributed by atoms with Gasteiger partial charge in [-0.3, -0.25) is 14.4 Å². The largest absolute Gasteiger partial charge is 0.497 e. The third kappa shape index (κ3) is 7.39. The van der Waals surface area contributed by atoms with E-state index in [2.05, 4.69) is 31.4 Å². The summed E-state index contributed by atoms with van der Waals surface area (Å²) in [6.07, 6.45) is -0.142. The summed E-state index contributed by atoms with van der Waals surface area (Å²) in [5, 5.41) is 16.3. The zero-order valence-electron chi connectivity index (χ0n) is 33.6. The van der Waals surface area contributed by atoms with E-state index in [1.54, 1.807) is 80.8 Å². The van der Waals surface area contributed by atoms with Gasteiger partial charge in [-0.15, -0.1) is 0 Å². The predicted octanol–water partition coefficient (Wildman–Crippen LogP) is 7.97. The third-order valence-electron chi connectivity index (χ3n) is 11.8. The van der Waals surface area contributed by atoms with E-state index in [9.17, 15) is 14.7 Å². The molecule has 11 heteroatoms. The Balaban J connectivity index is 1.23. The van der Waals surface area contributed by atoms with Crippen LogP contribution in [-0.4, -0.2) is 56.9 Å². The minimum atomic E-state index is -1.42. The first-order valence-electron chi connectivity index (χ1n) is 19.3. The monoisotopic (exact) mass is 783 g/mol. The highest BCUT2D eigenvalue weighted by Gasteiger charge is 2.65. The zero-order valence-corrected chi connectivity index (χ0v) is 33.6. The first-order chi connectivity index (χ1) is 27.9. The van der Waals surface area contributed by atoms with Gasteiger partial charge in [0.25, 0.3) is 17.7 Å². The average Bonchev–Trinajstić information content (AvgIpc) is 3.67. The Labute approximate surface area is 338 Å². The van der Waals surface area contributed by atoms with Crippen molar-refractivity contribution in [3.8, 4) is 17.2 Å². The second-order valence-corrected chi connectivity index (χ2v) is 15.4. The molecule has 11 nitrogen and oxygen atoms in total. The summed E-state index contributed by atoms with van der Waals surface area (Å²) in [4.78, 5) is 43.4. The van der Waals surface area contributed by atoms with Crippen molar-refractivity contribution in [1.82, 2.24) is 0 Å². The first kappa shape index (κ1) is 40.0. The fourth-order valence-electron chi connectivity index (χ4n) is 8.71. The molecule has 300 valence electrons. The number of benzene rings is 5. The lowest BCUT2D eigenvalue weighted by Crippen LogP contribution is -2.45. The van der Waals surface area contributed by atoms with Crippen LogP contribution in [0.25, 0.3) is 0 Å². The fourth-order valence-corrected chi connectivity index (χ4v) is 8.71. The van der Waals surface area contributed by atoms with Crippen molar-refractivity contribution in [1.29, 1.82) is 0 Å². The lowest BCUT2D eigenvalue weighted by Gasteiger charge is -2.38. The molecule has 3 amide bonds. The molecule has 0 aliphatic carbocycles. The molecule has 1 spiro atoms. The molecule has 5 aromatic carbocycles. The van der Waals surface area contributed by atoms with Crippen molar-refractivity contribution in [3.63, 3.8) is 0 Å². The minimum absolute atomic E-state index is 0.118.